The highest BCUT2D eigenvalue weighted by Crippen LogP contribution is 2.15. The molecule has 2 rings (SSSR count). The van der Waals surface area contributed by atoms with Gasteiger partial charge in [0.05, 0.1) is 0 Å². The van der Waals surface area contributed by atoms with E-state index in [-0.39, 0.29) is 0 Å². The number of nitrogens with zero attached hydrogens (tertiary/aromatic N) is 1. The lowest BCUT2D eigenvalue weighted by molar-refractivity contribution is 0.0699. The highest BCUT2D eigenvalue weighted by atomic mass is 19.1. The monoisotopic (exact) mass is 210 g/mol. The summed E-state index contributed by atoms with van der Waals surface area (Å²) in [6.07, 6.45) is 2.14. The molecule has 1 saturated heterocycles. The summed E-state index contributed by atoms with van der Waals surface area (Å²) in [7, 11) is 0. The van der Waals surface area contributed by atoms with E-state index in [1.54, 1.807) is 12.1 Å². The summed E-state index contributed by atoms with van der Waals surface area (Å²) >= 11 is 0. The Morgan fingerprint density at radius 2 is 2.20 bits per heavy atom. The van der Waals surface area contributed by atoms with Crippen molar-refractivity contribution < 1.29 is 9.13 Å². The number of ether oxygens (including phenoxy) is 1. The van der Waals surface area contributed by atoms with Gasteiger partial charge >= 0.3 is 0 Å². The third-order valence-electron chi connectivity index (χ3n) is 2.63. The van der Waals surface area contributed by atoms with E-state index in [1.165, 1.54) is 6.07 Å². The van der Waals surface area contributed by atoms with Gasteiger partial charge in [0.25, 0.3) is 0 Å². The van der Waals surface area contributed by atoms with Gasteiger partial charge in [0.2, 0.25) is 5.95 Å². The highest BCUT2D eigenvalue weighted by molar-refractivity contribution is 5.33. The van der Waals surface area contributed by atoms with E-state index in [4.69, 9.17) is 4.74 Å². The molecule has 1 aliphatic rings. The summed E-state index contributed by atoms with van der Waals surface area (Å²) in [6, 6.07) is 4.79. The second kappa shape index (κ2) is 5.07. The first kappa shape index (κ1) is 10.4. The Balaban J connectivity index is 1.81. The number of pyridine rings is 1. The third kappa shape index (κ3) is 3.16. The van der Waals surface area contributed by atoms with E-state index >= 15 is 0 Å². The molecule has 0 saturated carbocycles. The Bertz CT molecular complexity index is 313. The van der Waals surface area contributed by atoms with Crippen molar-refractivity contribution in [3.63, 3.8) is 0 Å². The number of aromatic nitrogens is 1. The number of hydrogen-bond acceptors (Lipinski definition) is 3. The highest BCUT2D eigenvalue weighted by Gasteiger charge is 2.13. The summed E-state index contributed by atoms with van der Waals surface area (Å²) in [5, 5.41) is 3.15. The molecule has 0 aromatic carbocycles. The maximum Gasteiger partial charge on any atom is 0.214 e. The molecular weight excluding hydrogens is 195 g/mol. The number of rotatable bonds is 3. The SMILES string of the molecule is Fc1cccc(NCC2CCOCC2)n1. The molecule has 1 aliphatic heterocycles. The maximum absolute atomic E-state index is 12.8. The Hall–Kier alpha value is -1.16. The van der Waals surface area contributed by atoms with Crippen LogP contribution in [0.3, 0.4) is 0 Å². The van der Waals surface area contributed by atoms with Crippen LogP contribution < -0.4 is 5.32 Å². The van der Waals surface area contributed by atoms with Crippen LogP contribution in [0.4, 0.5) is 10.2 Å². The van der Waals surface area contributed by atoms with Gasteiger partial charge < -0.3 is 10.1 Å². The summed E-state index contributed by atoms with van der Waals surface area (Å²) in [6.45, 7) is 2.52. The Morgan fingerprint density at radius 1 is 1.40 bits per heavy atom. The number of hydrogen-bond donors (Lipinski definition) is 1. The van der Waals surface area contributed by atoms with Crippen LogP contribution in [0.2, 0.25) is 0 Å². The lowest BCUT2D eigenvalue weighted by Crippen LogP contribution is -2.22. The van der Waals surface area contributed by atoms with Gasteiger partial charge in [-0.2, -0.15) is 4.39 Å². The van der Waals surface area contributed by atoms with Crippen LogP contribution in [0.5, 0.6) is 0 Å². The molecule has 0 radical (unpaired) electrons. The molecule has 1 aromatic rings. The van der Waals surface area contributed by atoms with E-state index in [2.05, 4.69) is 10.3 Å². The molecule has 0 atom stereocenters. The van der Waals surface area contributed by atoms with E-state index in [1.807, 2.05) is 0 Å². The molecule has 2 heterocycles. The summed E-state index contributed by atoms with van der Waals surface area (Å²) in [5.74, 6) is 0.789. The minimum absolute atomic E-state index is 0.438. The van der Waals surface area contributed by atoms with Crippen LogP contribution >= 0.6 is 0 Å². The van der Waals surface area contributed by atoms with Gasteiger partial charge in [-0.25, -0.2) is 4.98 Å². The van der Waals surface area contributed by atoms with Crippen molar-refractivity contribution in [1.82, 2.24) is 4.98 Å². The summed E-state index contributed by atoms with van der Waals surface area (Å²) in [4.78, 5) is 3.75. The molecule has 0 amide bonds. The maximum atomic E-state index is 12.8. The molecule has 0 spiro atoms. The van der Waals surface area contributed by atoms with E-state index in [0.717, 1.165) is 32.6 Å². The quantitative estimate of drug-likeness (QED) is 0.775. The Morgan fingerprint density at radius 3 is 2.93 bits per heavy atom. The van der Waals surface area contributed by atoms with Crippen molar-refractivity contribution in [2.45, 2.75) is 12.8 Å². The van der Waals surface area contributed by atoms with Gasteiger partial charge in [-0.3, -0.25) is 0 Å². The van der Waals surface area contributed by atoms with E-state index in [0.29, 0.717) is 11.7 Å². The molecule has 82 valence electrons. The van der Waals surface area contributed by atoms with Gasteiger partial charge in [0, 0.05) is 19.8 Å². The largest absolute Gasteiger partial charge is 0.381 e. The smallest absolute Gasteiger partial charge is 0.214 e. The second-order valence-corrected chi connectivity index (χ2v) is 3.78. The molecule has 0 aliphatic carbocycles. The lowest BCUT2D eigenvalue weighted by atomic mass is 10.0. The zero-order valence-corrected chi connectivity index (χ0v) is 8.58. The van der Waals surface area contributed by atoms with Gasteiger partial charge in [-0.1, -0.05) is 6.07 Å². The van der Waals surface area contributed by atoms with Gasteiger partial charge in [-0.05, 0) is 30.9 Å². The minimum atomic E-state index is -0.438. The third-order valence-corrected chi connectivity index (χ3v) is 2.63. The van der Waals surface area contributed by atoms with Crippen molar-refractivity contribution in [2.75, 3.05) is 25.1 Å². The van der Waals surface area contributed by atoms with Crippen LogP contribution in [0.15, 0.2) is 18.2 Å². The minimum Gasteiger partial charge on any atom is -0.381 e. The van der Waals surface area contributed by atoms with E-state index < -0.39 is 5.95 Å². The number of anilines is 1. The molecule has 1 fully saturated rings. The average Bonchev–Trinajstić information content (AvgIpc) is 2.28. The van der Waals surface area contributed by atoms with Gasteiger partial charge in [-0.15, -0.1) is 0 Å². The first-order valence-corrected chi connectivity index (χ1v) is 5.29. The van der Waals surface area contributed by atoms with Crippen LogP contribution in [0.25, 0.3) is 0 Å². The Kier molecular flexibility index (Phi) is 3.50. The fourth-order valence-electron chi connectivity index (χ4n) is 1.71. The molecule has 0 bridgehead atoms. The topological polar surface area (TPSA) is 34.1 Å². The average molecular weight is 210 g/mol. The fraction of sp³-hybridized carbons (Fsp3) is 0.545. The van der Waals surface area contributed by atoms with Crippen molar-refractivity contribution in [2.24, 2.45) is 5.92 Å². The van der Waals surface area contributed by atoms with Crippen LogP contribution in [-0.4, -0.2) is 24.7 Å². The second-order valence-electron chi connectivity index (χ2n) is 3.78. The molecule has 4 heteroatoms. The van der Waals surface area contributed by atoms with Crippen molar-refractivity contribution in [3.8, 4) is 0 Å². The molecule has 1 aromatic heterocycles. The van der Waals surface area contributed by atoms with Crippen molar-refractivity contribution in [1.29, 1.82) is 0 Å². The summed E-state index contributed by atoms with van der Waals surface area (Å²) < 4.78 is 18.0. The van der Waals surface area contributed by atoms with Crippen LogP contribution in [0, 0.1) is 11.9 Å². The summed E-state index contributed by atoms with van der Waals surface area (Å²) in [5.41, 5.74) is 0. The number of halogens is 1. The first-order valence-electron chi connectivity index (χ1n) is 5.29. The van der Waals surface area contributed by atoms with Crippen molar-refractivity contribution >= 4 is 5.82 Å². The lowest BCUT2D eigenvalue weighted by Gasteiger charge is -2.22. The zero-order valence-electron chi connectivity index (χ0n) is 8.58. The van der Waals surface area contributed by atoms with Crippen LogP contribution in [0.1, 0.15) is 12.8 Å². The van der Waals surface area contributed by atoms with Crippen LogP contribution in [-0.2, 0) is 4.74 Å². The normalized spacial score (nSPS) is 17.7. The standard InChI is InChI=1S/C11H15FN2O/c12-10-2-1-3-11(14-10)13-8-9-4-6-15-7-5-9/h1-3,9H,4-8H2,(H,13,14). The molecule has 3 nitrogen and oxygen atoms in total. The zero-order chi connectivity index (χ0) is 10.5. The predicted molar refractivity (Wildman–Crippen MR) is 56.2 cm³/mol. The molecule has 1 N–H and O–H groups in total. The fourth-order valence-corrected chi connectivity index (χ4v) is 1.71. The number of nitrogens with one attached hydrogen (secondary N) is 1. The van der Waals surface area contributed by atoms with Crippen molar-refractivity contribution in [3.05, 3.63) is 24.1 Å². The van der Waals surface area contributed by atoms with Gasteiger partial charge in [0.15, 0.2) is 0 Å². The predicted octanol–water partition coefficient (Wildman–Crippen LogP) is 2.06. The van der Waals surface area contributed by atoms with Gasteiger partial charge in [0.1, 0.15) is 5.82 Å². The van der Waals surface area contributed by atoms with E-state index in [9.17, 15) is 4.39 Å². The Labute approximate surface area is 88.7 Å². The first-order chi connectivity index (χ1) is 7.34. The molecular formula is C11H15FN2O. The molecule has 15 heavy (non-hydrogen) atoms. The molecule has 0 unspecified atom stereocenters.